The lowest BCUT2D eigenvalue weighted by atomic mass is 9.76. The quantitative estimate of drug-likeness (QED) is 0.0292. The second-order valence-electron chi connectivity index (χ2n) is 31.8. The van der Waals surface area contributed by atoms with Crippen molar-refractivity contribution < 1.29 is 90.5 Å². The predicted molar refractivity (Wildman–Crippen MR) is 372 cm³/mol. The largest absolute Gasteiger partial charge is 0.465 e. The summed E-state index contributed by atoms with van der Waals surface area (Å²) in [5.41, 5.74) is -3.59. The molecule has 5 aliphatic rings. The molecule has 5 rings (SSSR count). The zero-order valence-electron chi connectivity index (χ0n) is 64.1. The fourth-order valence-electron chi connectivity index (χ4n) is 11.5. The Kier molecular flexibility index (Phi) is 39.3. The van der Waals surface area contributed by atoms with Crippen molar-refractivity contribution in [2.24, 2.45) is 32.5 Å². The van der Waals surface area contributed by atoms with E-state index >= 15 is 0 Å². The molecule has 0 atom stereocenters. The highest BCUT2D eigenvalue weighted by Gasteiger charge is 2.39. The lowest BCUT2D eigenvalue weighted by molar-refractivity contribution is -0.176. The summed E-state index contributed by atoms with van der Waals surface area (Å²) in [6.45, 7) is 38.4. The molecule has 19 nitrogen and oxygen atoms in total. The van der Waals surface area contributed by atoms with E-state index < -0.39 is 45.0 Å². The van der Waals surface area contributed by atoms with Crippen LogP contribution in [0.15, 0.2) is 0 Å². The van der Waals surface area contributed by atoms with Crippen LogP contribution in [0.3, 0.4) is 0 Å². The lowest BCUT2D eigenvalue weighted by Crippen LogP contribution is -2.38. The number of carbonyl (C=O) groups is 9. The average Bonchev–Trinajstić information content (AvgIpc) is 1.54. The molecule has 0 N–H and O–H groups in total. The van der Waals surface area contributed by atoms with Gasteiger partial charge in [0.1, 0.15) is 29.0 Å². The Morgan fingerprint density at radius 2 is 0.573 bits per heavy atom. The van der Waals surface area contributed by atoms with Gasteiger partial charge in [-0.1, -0.05) is 93.9 Å². The summed E-state index contributed by atoms with van der Waals surface area (Å²) < 4.78 is 53.2. The zero-order valence-corrected chi connectivity index (χ0v) is 64.1. The van der Waals surface area contributed by atoms with E-state index in [4.69, 9.17) is 47.4 Å². The normalized spacial score (nSPS) is 18.6. The van der Waals surface area contributed by atoms with Crippen molar-refractivity contribution in [1.82, 2.24) is 0 Å². The van der Waals surface area contributed by atoms with E-state index in [1.807, 2.05) is 111 Å². The van der Waals surface area contributed by atoms with Crippen LogP contribution in [-0.2, 0) is 90.5 Å². The van der Waals surface area contributed by atoms with Gasteiger partial charge in [-0.3, -0.25) is 28.8 Å². The second kappa shape index (κ2) is 42.3. The van der Waals surface area contributed by atoms with Gasteiger partial charge >= 0.3 is 53.7 Å². The molecule has 0 unspecified atom stereocenters. The predicted octanol–water partition coefficient (Wildman–Crippen LogP) is 17.6. The van der Waals surface area contributed by atoms with Gasteiger partial charge in [0.15, 0.2) is 26.6 Å². The monoisotopic (exact) mass is 1360 g/mol. The van der Waals surface area contributed by atoms with Crippen LogP contribution in [0.4, 0.5) is 0 Å². The van der Waals surface area contributed by atoms with Crippen LogP contribution in [0.5, 0.6) is 0 Å². The highest BCUT2D eigenvalue weighted by molar-refractivity contribution is 5.81. The van der Waals surface area contributed by atoms with Crippen LogP contribution in [0.1, 0.15) is 344 Å². The van der Waals surface area contributed by atoms with Crippen molar-refractivity contribution in [3.63, 3.8) is 0 Å². The van der Waals surface area contributed by atoms with Crippen molar-refractivity contribution in [1.29, 1.82) is 0 Å². The van der Waals surface area contributed by atoms with E-state index in [2.05, 4.69) is 13.8 Å². The zero-order chi connectivity index (χ0) is 73.1. The van der Waals surface area contributed by atoms with E-state index in [1.165, 1.54) is 51.4 Å². The third-order valence-corrected chi connectivity index (χ3v) is 21.2. The molecule has 0 amide bonds. The van der Waals surface area contributed by atoms with Gasteiger partial charge in [0.25, 0.3) is 0 Å². The fraction of sp³-hybridized carbons (Fsp3) is 0.883. The summed E-state index contributed by atoms with van der Waals surface area (Å²) in [6, 6.07) is 0. The van der Waals surface area contributed by atoms with Crippen molar-refractivity contribution in [2.45, 2.75) is 366 Å². The summed E-state index contributed by atoms with van der Waals surface area (Å²) >= 11 is 0. The van der Waals surface area contributed by atoms with Crippen LogP contribution >= 0.6 is 0 Å². The van der Waals surface area contributed by atoms with Crippen molar-refractivity contribution in [3.8, 4) is 0 Å². The molecule has 5 saturated carbocycles. The molecule has 558 valence electrons. The number of esters is 9. The molecule has 0 spiro atoms. The second-order valence-corrected chi connectivity index (χ2v) is 31.8. The topological polar surface area (TPSA) is 246 Å². The van der Waals surface area contributed by atoms with Crippen LogP contribution in [0.25, 0.3) is 0 Å². The molecule has 96 heavy (non-hydrogen) atoms. The van der Waals surface area contributed by atoms with Gasteiger partial charge in [-0.25, -0.2) is 14.4 Å². The van der Waals surface area contributed by atoms with Crippen molar-refractivity contribution >= 4 is 53.7 Å². The number of hydrogen-bond donors (Lipinski definition) is 0. The van der Waals surface area contributed by atoms with E-state index in [0.717, 1.165) is 128 Å². The Morgan fingerprint density at radius 3 is 0.885 bits per heavy atom. The van der Waals surface area contributed by atoms with Crippen molar-refractivity contribution in [3.05, 3.63) is 0 Å². The number of rotatable bonds is 29. The summed E-state index contributed by atoms with van der Waals surface area (Å²) in [5.74, 6) is -3.01. The van der Waals surface area contributed by atoms with E-state index in [0.29, 0.717) is 25.9 Å². The van der Waals surface area contributed by atoms with Gasteiger partial charge in [0.05, 0.1) is 40.1 Å². The Morgan fingerprint density at radius 1 is 0.312 bits per heavy atom. The van der Waals surface area contributed by atoms with Crippen LogP contribution < -0.4 is 0 Å². The molecule has 0 saturated heterocycles. The molecule has 0 aromatic heterocycles. The first-order valence-electron chi connectivity index (χ1n) is 37.0. The molecule has 0 heterocycles. The first-order chi connectivity index (χ1) is 44.7. The molecular weight excluding hydrogens is 1230 g/mol. The molecule has 0 aromatic rings. The van der Waals surface area contributed by atoms with E-state index in [9.17, 15) is 43.2 Å². The molecular formula is C77H136O19. The minimum atomic E-state index is -0.548. The summed E-state index contributed by atoms with van der Waals surface area (Å²) in [6.07, 6.45) is 31.5. The van der Waals surface area contributed by atoms with Crippen molar-refractivity contribution in [2.75, 3.05) is 39.8 Å². The van der Waals surface area contributed by atoms with Gasteiger partial charge in [0.2, 0.25) is 0 Å². The average molecular weight is 1370 g/mol. The van der Waals surface area contributed by atoms with Gasteiger partial charge in [-0.2, -0.15) is 0 Å². The highest BCUT2D eigenvalue weighted by Crippen LogP contribution is 2.39. The molecule has 0 bridgehead atoms. The fourth-order valence-corrected chi connectivity index (χ4v) is 11.5. The van der Waals surface area contributed by atoms with Gasteiger partial charge in [-0.05, 0) is 249 Å². The maximum Gasteiger partial charge on any atom is 0.344 e. The van der Waals surface area contributed by atoms with Crippen LogP contribution in [0, 0.1) is 32.5 Å². The third-order valence-electron chi connectivity index (χ3n) is 21.2. The number of ether oxygens (including phenoxy) is 10. The Bertz CT molecular complexity index is 2350. The SMILES string of the molecule is CCC(C)(C)C(=O)OCC(=O)OC1(C)CCCC1.CCC(C)(C)C(=O)OCC(=O)OC1(C)CCCCC1.CCC(C)(C)C(=O)OCOCC1(C)CCCCC1.CCC1(OC(=O)CCOC(=O)C(C)(C)CC)CCCCC1.CCC1(OC(=O)COC(=O)C(C)(C)CC)CCCCC1. The first-order valence-corrected chi connectivity index (χ1v) is 37.0. The maximum atomic E-state index is 12.0. The molecule has 0 aliphatic heterocycles. The Balaban J connectivity index is 0.000000601. The smallest absolute Gasteiger partial charge is 0.344 e. The van der Waals surface area contributed by atoms with Gasteiger partial charge in [0, 0.05) is 0 Å². The standard InChI is InChI=1S/C17H30O4.C16H28O4.C15H26O4.C15H28O3.C14H24O4/c1-5-16(3,4)15(19)20-13-10-14(18)21-17(6-2)11-8-7-9-12-17;1-5-15(3,4)14(18)19-12-13(17)20-16(6-2)10-8-7-9-11-16;1-5-14(2,3)13(17)18-11-12(16)19-15(4)9-7-6-8-10-15;1-5-14(2,3)13(16)18-12-17-11-15(4)9-7-6-8-10-15;1-5-13(2,3)12(16)17-10-11(15)18-14(4)8-6-7-9-14/h5-13H2,1-4H3;5-12H2,1-4H3;5-11H2,1-4H3;5-12H2,1-4H3;5-10H2,1-4H3. The molecule has 5 aliphatic carbocycles. The highest BCUT2D eigenvalue weighted by atomic mass is 16.7. The molecule has 5 fully saturated rings. The van der Waals surface area contributed by atoms with Crippen LogP contribution in [-0.4, -0.2) is 116 Å². The molecule has 19 heteroatoms. The van der Waals surface area contributed by atoms with E-state index in [-0.39, 0.29) is 103 Å². The number of hydrogen-bond acceptors (Lipinski definition) is 19. The summed E-state index contributed by atoms with van der Waals surface area (Å²) in [7, 11) is 0. The number of carbonyl (C=O) groups excluding carboxylic acids is 9. The molecule has 0 radical (unpaired) electrons. The molecule has 0 aromatic carbocycles. The van der Waals surface area contributed by atoms with Gasteiger partial charge in [-0.15, -0.1) is 0 Å². The summed E-state index contributed by atoms with van der Waals surface area (Å²) in [4.78, 5) is 106. The maximum absolute atomic E-state index is 12.0. The van der Waals surface area contributed by atoms with Crippen LogP contribution in [0.2, 0.25) is 0 Å². The van der Waals surface area contributed by atoms with E-state index in [1.54, 1.807) is 13.8 Å². The minimum Gasteiger partial charge on any atom is -0.465 e. The Labute approximate surface area is 580 Å². The minimum absolute atomic E-state index is 0.0951. The first kappa shape index (κ1) is 89.2. The Hall–Kier alpha value is -4.81. The third kappa shape index (κ3) is 33.4. The summed E-state index contributed by atoms with van der Waals surface area (Å²) in [5, 5.41) is 0. The van der Waals surface area contributed by atoms with Gasteiger partial charge < -0.3 is 47.4 Å². The lowest BCUT2D eigenvalue weighted by Gasteiger charge is -2.36.